The van der Waals surface area contributed by atoms with E-state index in [2.05, 4.69) is 10.2 Å². The first-order valence-corrected chi connectivity index (χ1v) is 7.72. The molecule has 0 saturated carbocycles. The summed E-state index contributed by atoms with van der Waals surface area (Å²) in [5.41, 5.74) is 1.40. The molecule has 1 saturated heterocycles. The molecule has 1 heterocycles. The Labute approximate surface area is 146 Å². The van der Waals surface area contributed by atoms with Crippen LogP contribution in [-0.4, -0.2) is 31.1 Å². The Bertz CT molecular complexity index is 623. The minimum absolute atomic E-state index is 0. The van der Waals surface area contributed by atoms with E-state index in [1.54, 1.807) is 12.1 Å². The van der Waals surface area contributed by atoms with Crippen molar-refractivity contribution in [2.75, 3.05) is 26.2 Å². The molecule has 0 spiro atoms. The Kier molecular flexibility index (Phi) is 6.27. The fourth-order valence-corrected chi connectivity index (χ4v) is 3.04. The van der Waals surface area contributed by atoms with E-state index in [0.717, 1.165) is 37.3 Å². The van der Waals surface area contributed by atoms with Gasteiger partial charge in [0, 0.05) is 26.2 Å². The molecule has 0 radical (unpaired) electrons. The highest BCUT2D eigenvalue weighted by Crippen LogP contribution is 2.33. The van der Waals surface area contributed by atoms with Crippen molar-refractivity contribution in [1.29, 1.82) is 0 Å². The van der Waals surface area contributed by atoms with E-state index in [1.165, 1.54) is 12.1 Å². The van der Waals surface area contributed by atoms with Crippen LogP contribution in [0.15, 0.2) is 54.6 Å². The SMILES string of the molecule is Cl.FC(F)(F)c1ccc(C(c2ccccc2)N2CCNCC2)cc1. The zero-order chi connectivity index (χ0) is 16.3. The van der Waals surface area contributed by atoms with E-state index in [4.69, 9.17) is 0 Å². The number of hydrogen-bond acceptors (Lipinski definition) is 2. The lowest BCUT2D eigenvalue weighted by Crippen LogP contribution is -2.45. The van der Waals surface area contributed by atoms with Gasteiger partial charge in [-0.15, -0.1) is 12.4 Å². The lowest BCUT2D eigenvalue weighted by molar-refractivity contribution is -0.137. The smallest absolute Gasteiger partial charge is 0.314 e. The van der Waals surface area contributed by atoms with Crippen molar-refractivity contribution < 1.29 is 13.2 Å². The van der Waals surface area contributed by atoms with Crippen molar-refractivity contribution in [3.8, 4) is 0 Å². The number of hydrogen-bond donors (Lipinski definition) is 1. The maximum Gasteiger partial charge on any atom is 0.416 e. The van der Waals surface area contributed by atoms with Gasteiger partial charge in [0.1, 0.15) is 0 Å². The van der Waals surface area contributed by atoms with Crippen LogP contribution in [0.25, 0.3) is 0 Å². The van der Waals surface area contributed by atoms with E-state index in [9.17, 15) is 13.2 Å². The zero-order valence-electron chi connectivity index (χ0n) is 13.1. The van der Waals surface area contributed by atoms with Crippen LogP contribution in [0.2, 0.25) is 0 Å². The Balaban J connectivity index is 0.00000208. The zero-order valence-corrected chi connectivity index (χ0v) is 13.9. The van der Waals surface area contributed by atoms with Gasteiger partial charge in [-0.25, -0.2) is 0 Å². The second-order valence-corrected chi connectivity index (χ2v) is 5.72. The van der Waals surface area contributed by atoms with Gasteiger partial charge in [-0.2, -0.15) is 13.2 Å². The highest BCUT2D eigenvalue weighted by atomic mass is 35.5. The monoisotopic (exact) mass is 356 g/mol. The first-order valence-electron chi connectivity index (χ1n) is 7.72. The van der Waals surface area contributed by atoms with Gasteiger partial charge >= 0.3 is 6.18 Å². The van der Waals surface area contributed by atoms with Crippen LogP contribution in [-0.2, 0) is 6.18 Å². The predicted octanol–water partition coefficient (Wildman–Crippen LogP) is 4.12. The van der Waals surface area contributed by atoms with Gasteiger partial charge in [0.15, 0.2) is 0 Å². The highest BCUT2D eigenvalue weighted by Gasteiger charge is 2.31. The maximum atomic E-state index is 12.8. The van der Waals surface area contributed by atoms with Crippen molar-refractivity contribution in [2.24, 2.45) is 0 Å². The average Bonchev–Trinajstić information content (AvgIpc) is 2.57. The lowest BCUT2D eigenvalue weighted by Gasteiger charge is -2.35. The van der Waals surface area contributed by atoms with Crippen LogP contribution in [0.5, 0.6) is 0 Å². The van der Waals surface area contributed by atoms with Crippen LogP contribution in [0.4, 0.5) is 13.2 Å². The average molecular weight is 357 g/mol. The molecular formula is C18H20ClF3N2. The number of nitrogens with one attached hydrogen (secondary N) is 1. The molecule has 1 unspecified atom stereocenters. The van der Waals surface area contributed by atoms with E-state index in [0.29, 0.717) is 0 Å². The number of nitrogens with zero attached hydrogens (tertiary/aromatic N) is 1. The van der Waals surface area contributed by atoms with Crippen LogP contribution in [0.3, 0.4) is 0 Å². The lowest BCUT2D eigenvalue weighted by atomic mass is 9.95. The maximum absolute atomic E-state index is 12.8. The van der Waals surface area contributed by atoms with Gasteiger partial charge in [0.2, 0.25) is 0 Å². The molecule has 1 N–H and O–H groups in total. The van der Waals surface area contributed by atoms with Gasteiger partial charge in [0.05, 0.1) is 11.6 Å². The Hall–Kier alpha value is -1.56. The molecular weight excluding hydrogens is 337 g/mol. The van der Waals surface area contributed by atoms with Crippen LogP contribution < -0.4 is 5.32 Å². The summed E-state index contributed by atoms with van der Waals surface area (Å²) in [6.45, 7) is 3.54. The fraction of sp³-hybridized carbons (Fsp3) is 0.333. The summed E-state index contributed by atoms with van der Waals surface area (Å²) in [5, 5.41) is 3.31. The molecule has 0 aromatic heterocycles. The summed E-state index contributed by atoms with van der Waals surface area (Å²) in [4.78, 5) is 2.31. The normalized spacial score (nSPS) is 17.1. The van der Waals surface area contributed by atoms with Crippen molar-refractivity contribution in [3.63, 3.8) is 0 Å². The summed E-state index contributed by atoms with van der Waals surface area (Å²) < 4.78 is 38.3. The minimum Gasteiger partial charge on any atom is -0.314 e. The molecule has 0 aliphatic carbocycles. The van der Waals surface area contributed by atoms with Gasteiger partial charge in [-0.3, -0.25) is 4.90 Å². The van der Waals surface area contributed by atoms with Crippen molar-refractivity contribution in [2.45, 2.75) is 12.2 Å². The third-order valence-electron chi connectivity index (χ3n) is 4.19. The van der Waals surface area contributed by atoms with Gasteiger partial charge in [-0.1, -0.05) is 42.5 Å². The van der Waals surface area contributed by atoms with Gasteiger partial charge < -0.3 is 5.32 Å². The fourth-order valence-electron chi connectivity index (χ4n) is 3.04. The molecule has 2 aromatic rings. The van der Waals surface area contributed by atoms with Gasteiger partial charge in [-0.05, 0) is 23.3 Å². The molecule has 6 heteroatoms. The Morgan fingerprint density at radius 2 is 1.38 bits per heavy atom. The molecule has 1 aliphatic rings. The molecule has 1 atom stereocenters. The summed E-state index contributed by atoms with van der Waals surface area (Å²) in [7, 11) is 0. The summed E-state index contributed by atoms with van der Waals surface area (Å²) in [5.74, 6) is 0. The minimum atomic E-state index is -4.30. The second kappa shape index (κ2) is 8.01. The molecule has 2 aromatic carbocycles. The first-order chi connectivity index (χ1) is 11.1. The summed E-state index contributed by atoms with van der Waals surface area (Å²) in [6.07, 6.45) is -4.30. The van der Waals surface area contributed by atoms with Crippen molar-refractivity contribution in [3.05, 3.63) is 71.3 Å². The van der Waals surface area contributed by atoms with E-state index in [1.807, 2.05) is 30.3 Å². The molecule has 0 bridgehead atoms. The topological polar surface area (TPSA) is 15.3 Å². The largest absolute Gasteiger partial charge is 0.416 e. The first kappa shape index (κ1) is 18.8. The molecule has 1 fully saturated rings. The number of alkyl halides is 3. The molecule has 3 rings (SSSR count). The third kappa shape index (κ3) is 4.29. The Morgan fingerprint density at radius 1 is 0.833 bits per heavy atom. The quantitative estimate of drug-likeness (QED) is 0.890. The number of benzene rings is 2. The van der Waals surface area contributed by atoms with E-state index < -0.39 is 11.7 Å². The molecule has 0 amide bonds. The van der Waals surface area contributed by atoms with Crippen molar-refractivity contribution in [1.82, 2.24) is 10.2 Å². The molecule has 1 aliphatic heterocycles. The van der Waals surface area contributed by atoms with E-state index >= 15 is 0 Å². The highest BCUT2D eigenvalue weighted by molar-refractivity contribution is 5.85. The van der Waals surface area contributed by atoms with Gasteiger partial charge in [0.25, 0.3) is 0 Å². The standard InChI is InChI=1S/C18H19F3N2.ClH/c19-18(20,21)16-8-6-15(7-9-16)17(14-4-2-1-3-5-14)23-12-10-22-11-13-23;/h1-9,17,22H,10-13H2;1H. The third-order valence-corrected chi connectivity index (χ3v) is 4.19. The number of piperazine rings is 1. The van der Waals surface area contributed by atoms with Crippen LogP contribution in [0, 0.1) is 0 Å². The molecule has 2 nitrogen and oxygen atoms in total. The van der Waals surface area contributed by atoms with E-state index in [-0.39, 0.29) is 18.4 Å². The predicted molar refractivity (Wildman–Crippen MR) is 91.4 cm³/mol. The number of halogens is 4. The Morgan fingerprint density at radius 3 is 1.92 bits per heavy atom. The molecule has 130 valence electrons. The summed E-state index contributed by atoms with van der Waals surface area (Å²) >= 11 is 0. The van der Waals surface area contributed by atoms with Crippen LogP contribution >= 0.6 is 12.4 Å². The second-order valence-electron chi connectivity index (χ2n) is 5.72. The summed E-state index contributed by atoms with van der Waals surface area (Å²) in [6, 6.07) is 15.5. The van der Waals surface area contributed by atoms with Crippen LogP contribution in [0.1, 0.15) is 22.7 Å². The van der Waals surface area contributed by atoms with Crippen molar-refractivity contribution >= 4 is 12.4 Å². The number of rotatable bonds is 3. The molecule has 24 heavy (non-hydrogen) atoms.